The third kappa shape index (κ3) is 3.98. The molecule has 2 nitrogen and oxygen atoms in total. The fraction of sp³-hybridized carbons (Fsp3) is 0. The van der Waals surface area contributed by atoms with Gasteiger partial charge in [0.05, 0.1) is 5.69 Å². The average Bonchev–Trinajstić information content (AvgIpc) is 2.92. The molecule has 0 spiro atoms. The Morgan fingerprint density at radius 2 is 0.941 bits per heavy atom. The van der Waals surface area contributed by atoms with Crippen LogP contribution >= 0.6 is 0 Å². The van der Waals surface area contributed by atoms with Crippen LogP contribution in [0.3, 0.4) is 0 Å². The highest BCUT2D eigenvalue weighted by atomic mass is 28.3. The SMILES string of the molecule is Oc1c(/C=N/c2ccccc2)cccc1[Si](c1ccccc1)(c1ccccc1)c1ccccc1. The summed E-state index contributed by atoms with van der Waals surface area (Å²) in [6.45, 7) is 0. The summed E-state index contributed by atoms with van der Waals surface area (Å²) in [7, 11) is -2.80. The Hall–Kier alpha value is -4.21. The van der Waals surface area contributed by atoms with E-state index in [-0.39, 0.29) is 5.75 Å². The van der Waals surface area contributed by atoms with Crippen LogP contribution in [-0.2, 0) is 0 Å². The van der Waals surface area contributed by atoms with E-state index in [9.17, 15) is 5.11 Å². The molecule has 0 saturated carbocycles. The quantitative estimate of drug-likeness (QED) is 0.228. The van der Waals surface area contributed by atoms with Gasteiger partial charge in [-0.05, 0) is 38.9 Å². The highest BCUT2D eigenvalue weighted by molar-refractivity contribution is 7.20. The van der Waals surface area contributed by atoms with Crippen LogP contribution in [0.2, 0.25) is 0 Å². The number of aromatic hydroxyl groups is 1. The Morgan fingerprint density at radius 3 is 1.41 bits per heavy atom. The van der Waals surface area contributed by atoms with Gasteiger partial charge in [-0.15, -0.1) is 0 Å². The number of hydrogen-bond donors (Lipinski definition) is 1. The van der Waals surface area contributed by atoms with Gasteiger partial charge >= 0.3 is 0 Å². The fourth-order valence-electron chi connectivity index (χ4n) is 4.66. The molecule has 0 aromatic heterocycles. The molecule has 0 fully saturated rings. The first kappa shape index (κ1) is 21.6. The molecule has 34 heavy (non-hydrogen) atoms. The first-order chi connectivity index (χ1) is 16.8. The second kappa shape index (κ2) is 9.73. The van der Waals surface area contributed by atoms with Crippen LogP contribution in [0, 0.1) is 0 Å². The molecule has 0 amide bonds. The lowest BCUT2D eigenvalue weighted by molar-refractivity contribution is 0.478. The molecule has 0 aliphatic heterocycles. The molecule has 0 unspecified atom stereocenters. The largest absolute Gasteiger partial charge is 0.507 e. The van der Waals surface area contributed by atoms with Crippen LogP contribution in [0.5, 0.6) is 5.75 Å². The van der Waals surface area contributed by atoms with Gasteiger partial charge in [-0.2, -0.15) is 0 Å². The minimum Gasteiger partial charge on any atom is -0.507 e. The maximum Gasteiger partial charge on any atom is 0.183 e. The number of rotatable bonds is 6. The molecule has 0 aliphatic carbocycles. The zero-order valence-electron chi connectivity index (χ0n) is 18.8. The van der Waals surface area contributed by atoms with E-state index in [1.54, 1.807) is 6.21 Å². The first-order valence-electron chi connectivity index (χ1n) is 11.4. The van der Waals surface area contributed by atoms with Gasteiger partial charge in [0.15, 0.2) is 8.07 Å². The van der Waals surface area contributed by atoms with Crippen molar-refractivity contribution in [1.29, 1.82) is 0 Å². The number of para-hydroxylation sites is 2. The third-order valence-corrected chi connectivity index (χ3v) is 11.0. The Balaban J connectivity index is 1.80. The van der Waals surface area contributed by atoms with E-state index in [0.717, 1.165) is 10.9 Å². The average molecular weight is 456 g/mol. The lowest BCUT2D eigenvalue weighted by Crippen LogP contribution is -2.74. The van der Waals surface area contributed by atoms with Gasteiger partial charge < -0.3 is 5.11 Å². The van der Waals surface area contributed by atoms with Crippen LogP contribution in [0.15, 0.2) is 145 Å². The molecule has 0 atom stereocenters. The summed E-state index contributed by atoms with van der Waals surface area (Å²) in [4.78, 5) is 4.61. The van der Waals surface area contributed by atoms with Gasteiger partial charge in [0.25, 0.3) is 0 Å². The highest BCUT2D eigenvalue weighted by Crippen LogP contribution is 2.20. The van der Waals surface area contributed by atoms with Crippen molar-refractivity contribution in [2.45, 2.75) is 0 Å². The monoisotopic (exact) mass is 455 g/mol. The molecule has 1 N–H and O–H groups in total. The van der Waals surface area contributed by atoms with Gasteiger partial charge in [0.1, 0.15) is 5.75 Å². The maximum absolute atomic E-state index is 11.7. The molecule has 5 aromatic carbocycles. The first-order valence-corrected chi connectivity index (χ1v) is 13.4. The topological polar surface area (TPSA) is 32.6 Å². The number of hydrogen-bond acceptors (Lipinski definition) is 2. The van der Waals surface area contributed by atoms with Crippen molar-refractivity contribution in [2.24, 2.45) is 4.99 Å². The van der Waals surface area contributed by atoms with Gasteiger partial charge in [-0.3, -0.25) is 4.99 Å². The van der Waals surface area contributed by atoms with Crippen molar-refractivity contribution in [1.82, 2.24) is 0 Å². The summed E-state index contributed by atoms with van der Waals surface area (Å²) in [6.07, 6.45) is 1.76. The van der Waals surface area contributed by atoms with E-state index >= 15 is 0 Å². The Labute approximate surface area is 201 Å². The number of nitrogens with zero attached hydrogens (tertiary/aromatic N) is 1. The van der Waals surface area contributed by atoms with E-state index < -0.39 is 8.07 Å². The molecule has 0 radical (unpaired) electrons. The summed E-state index contributed by atoms with van der Waals surface area (Å²) in [5.41, 5.74) is 1.56. The minimum atomic E-state index is -2.80. The zero-order valence-corrected chi connectivity index (χ0v) is 19.8. The molecular formula is C31H25NOSi. The van der Waals surface area contributed by atoms with Crippen LogP contribution in [0.4, 0.5) is 5.69 Å². The van der Waals surface area contributed by atoms with Crippen molar-refractivity contribution >= 4 is 40.7 Å². The molecule has 0 saturated heterocycles. The van der Waals surface area contributed by atoms with Gasteiger partial charge in [0, 0.05) is 11.8 Å². The molecule has 3 heteroatoms. The van der Waals surface area contributed by atoms with E-state index in [0.29, 0.717) is 5.56 Å². The predicted molar refractivity (Wildman–Crippen MR) is 145 cm³/mol. The molecular weight excluding hydrogens is 430 g/mol. The maximum atomic E-state index is 11.7. The van der Waals surface area contributed by atoms with E-state index in [2.05, 4.69) is 83.9 Å². The summed E-state index contributed by atoms with van der Waals surface area (Å²) in [5.74, 6) is 0.283. The lowest BCUT2D eigenvalue weighted by atomic mass is 10.2. The molecule has 0 aliphatic rings. The lowest BCUT2D eigenvalue weighted by Gasteiger charge is -2.35. The summed E-state index contributed by atoms with van der Waals surface area (Å²) in [6, 6.07) is 47.6. The Bertz CT molecular complexity index is 1290. The van der Waals surface area contributed by atoms with Gasteiger partial charge in [0.2, 0.25) is 0 Å². The second-order valence-electron chi connectivity index (χ2n) is 8.19. The van der Waals surface area contributed by atoms with E-state index in [1.807, 2.05) is 60.7 Å². The van der Waals surface area contributed by atoms with Crippen LogP contribution < -0.4 is 20.7 Å². The van der Waals surface area contributed by atoms with Crippen LogP contribution in [0.25, 0.3) is 0 Å². The minimum absolute atomic E-state index is 0.283. The standard InChI is InChI=1S/C31H25NOSi/c33-31-25(24-32-26-15-5-1-6-16-26)14-13-23-30(31)34(27-17-7-2-8-18-27,28-19-9-3-10-20-28)29-21-11-4-12-22-29/h1-24,33H/b32-24+. The molecule has 5 rings (SSSR count). The summed E-state index contributed by atoms with van der Waals surface area (Å²) < 4.78 is 0. The fourth-order valence-corrected chi connectivity index (χ4v) is 9.51. The zero-order chi connectivity index (χ0) is 23.2. The van der Waals surface area contributed by atoms with Crippen molar-refractivity contribution in [3.05, 3.63) is 145 Å². The second-order valence-corrected chi connectivity index (χ2v) is 12.0. The summed E-state index contributed by atoms with van der Waals surface area (Å²) >= 11 is 0. The van der Waals surface area contributed by atoms with Crippen LogP contribution in [-0.4, -0.2) is 19.4 Å². The number of benzene rings is 5. The van der Waals surface area contributed by atoms with Crippen molar-refractivity contribution in [3.8, 4) is 5.75 Å². The number of aliphatic imine (C=N–C) groups is 1. The van der Waals surface area contributed by atoms with Crippen LogP contribution in [0.1, 0.15) is 5.56 Å². The van der Waals surface area contributed by atoms with Crippen molar-refractivity contribution in [2.75, 3.05) is 0 Å². The molecule has 0 bridgehead atoms. The summed E-state index contributed by atoms with van der Waals surface area (Å²) in [5, 5.41) is 16.3. The molecule has 0 heterocycles. The normalized spacial score (nSPS) is 11.5. The van der Waals surface area contributed by atoms with Gasteiger partial charge in [-0.25, -0.2) is 0 Å². The number of phenolic OH excluding ortho intramolecular Hbond substituents is 1. The van der Waals surface area contributed by atoms with Crippen molar-refractivity contribution < 1.29 is 5.11 Å². The highest BCUT2D eigenvalue weighted by Gasteiger charge is 2.43. The van der Waals surface area contributed by atoms with Gasteiger partial charge in [-0.1, -0.05) is 121 Å². The third-order valence-electron chi connectivity index (χ3n) is 6.20. The van der Waals surface area contributed by atoms with E-state index in [4.69, 9.17) is 0 Å². The number of phenols is 1. The van der Waals surface area contributed by atoms with E-state index in [1.165, 1.54) is 15.6 Å². The van der Waals surface area contributed by atoms with Crippen molar-refractivity contribution in [3.63, 3.8) is 0 Å². The Morgan fingerprint density at radius 1 is 0.500 bits per heavy atom. The molecule has 5 aromatic rings. The predicted octanol–water partition coefficient (Wildman–Crippen LogP) is 4.52. The Kier molecular flexibility index (Phi) is 6.19. The smallest absolute Gasteiger partial charge is 0.183 e. The molecule has 164 valence electrons.